The molecule has 2 rings (SSSR count). The van der Waals surface area contributed by atoms with E-state index < -0.39 is 0 Å². The molecule has 1 nitrogen and oxygen atoms in total. The molecule has 1 unspecified atom stereocenters. The molecule has 0 heterocycles. The van der Waals surface area contributed by atoms with Crippen LogP contribution in [0.25, 0.3) is 10.8 Å². The highest BCUT2D eigenvalue weighted by Gasteiger charge is 2.16. The van der Waals surface area contributed by atoms with Gasteiger partial charge in [-0.1, -0.05) is 70.2 Å². The number of hydrogen-bond acceptors (Lipinski definition) is 2. The van der Waals surface area contributed by atoms with Crippen molar-refractivity contribution in [1.82, 2.24) is 5.32 Å². The lowest BCUT2D eigenvalue weighted by Crippen LogP contribution is -2.34. The molecule has 0 fully saturated rings. The van der Waals surface area contributed by atoms with E-state index in [4.69, 9.17) is 0 Å². The molecule has 0 bridgehead atoms. The summed E-state index contributed by atoms with van der Waals surface area (Å²) < 4.78 is 0.326. The highest BCUT2D eigenvalue weighted by Crippen LogP contribution is 2.26. The zero-order chi connectivity index (χ0) is 15.3. The Bertz CT molecular complexity index is 566. The van der Waals surface area contributed by atoms with Crippen LogP contribution in [0.15, 0.2) is 42.5 Å². The van der Waals surface area contributed by atoms with Crippen molar-refractivity contribution in [2.45, 2.75) is 44.9 Å². The lowest BCUT2D eigenvalue weighted by molar-refractivity contribution is 0.572. The van der Waals surface area contributed by atoms with E-state index in [1.165, 1.54) is 16.3 Å². The summed E-state index contributed by atoms with van der Waals surface area (Å²) in [5, 5.41) is 6.38. The lowest BCUT2D eigenvalue weighted by Gasteiger charge is -2.24. The molecule has 2 heteroatoms. The molecule has 0 aliphatic carbocycles. The molecule has 1 N–H and O–H groups in total. The maximum Gasteiger partial charge on any atom is 0.0198 e. The highest BCUT2D eigenvalue weighted by molar-refractivity contribution is 8.00. The maximum absolute atomic E-state index is 3.65. The molecule has 21 heavy (non-hydrogen) atoms. The van der Waals surface area contributed by atoms with Gasteiger partial charge in [0.05, 0.1) is 0 Å². The molecular weight excluding hydrogens is 274 g/mol. The van der Waals surface area contributed by atoms with Gasteiger partial charge in [-0.15, -0.1) is 0 Å². The van der Waals surface area contributed by atoms with E-state index in [9.17, 15) is 0 Å². The average molecular weight is 301 g/mol. The van der Waals surface area contributed by atoms with Crippen molar-refractivity contribution in [2.24, 2.45) is 0 Å². The van der Waals surface area contributed by atoms with E-state index in [0.717, 1.165) is 18.7 Å². The van der Waals surface area contributed by atoms with Crippen molar-refractivity contribution in [3.8, 4) is 0 Å². The van der Waals surface area contributed by atoms with Crippen LogP contribution >= 0.6 is 11.8 Å². The third kappa shape index (κ3) is 5.05. The van der Waals surface area contributed by atoms with Gasteiger partial charge in [-0.25, -0.2) is 0 Å². The first-order valence-electron chi connectivity index (χ1n) is 7.83. The monoisotopic (exact) mass is 301 g/mol. The summed E-state index contributed by atoms with van der Waals surface area (Å²) in [5.41, 5.74) is 1.45. The zero-order valence-corrected chi connectivity index (χ0v) is 14.5. The van der Waals surface area contributed by atoms with Crippen LogP contribution in [0.4, 0.5) is 0 Å². The topological polar surface area (TPSA) is 12.0 Å². The van der Waals surface area contributed by atoms with Crippen LogP contribution in [0, 0.1) is 0 Å². The van der Waals surface area contributed by atoms with Crippen LogP contribution in [-0.4, -0.2) is 23.1 Å². The lowest BCUT2D eigenvalue weighted by atomic mass is 9.99. The van der Waals surface area contributed by atoms with Gasteiger partial charge in [0, 0.05) is 16.5 Å². The fourth-order valence-electron chi connectivity index (χ4n) is 2.57. The molecule has 2 aromatic carbocycles. The molecule has 1 atom stereocenters. The fourth-order valence-corrected chi connectivity index (χ4v) is 3.50. The summed E-state index contributed by atoms with van der Waals surface area (Å²) >= 11 is 2.04. The van der Waals surface area contributed by atoms with Gasteiger partial charge in [0.1, 0.15) is 0 Å². The molecule has 0 saturated heterocycles. The Morgan fingerprint density at radius 2 is 1.76 bits per heavy atom. The van der Waals surface area contributed by atoms with Crippen molar-refractivity contribution in [3.63, 3.8) is 0 Å². The first-order valence-corrected chi connectivity index (χ1v) is 8.82. The van der Waals surface area contributed by atoms with Crippen molar-refractivity contribution < 1.29 is 0 Å². The van der Waals surface area contributed by atoms with Crippen LogP contribution in [-0.2, 0) is 6.42 Å². The van der Waals surface area contributed by atoms with Crippen molar-refractivity contribution in [3.05, 3.63) is 48.0 Å². The Labute approximate surface area is 133 Å². The molecule has 0 aliphatic heterocycles. The Kier molecular flexibility index (Phi) is 5.72. The first-order chi connectivity index (χ1) is 9.99. The van der Waals surface area contributed by atoms with Gasteiger partial charge in [-0.2, -0.15) is 11.8 Å². The summed E-state index contributed by atoms with van der Waals surface area (Å²) in [7, 11) is 0. The standard InChI is InChI=1S/C19H27NS/c1-5-20-17(14-21-19(2,3)4)13-16-11-8-10-15-9-6-7-12-18(15)16/h6-12,17,20H,5,13-14H2,1-4H3. The quantitative estimate of drug-likeness (QED) is 0.815. The number of benzene rings is 2. The number of fused-ring (bicyclic) bond motifs is 1. The van der Waals surface area contributed by atoms with Crippen LogP contribution < -0.4 is 5.32 Å². The van der Waals surface area contributed by atoms with Gasteiger partial charge >= 0.3 is 0 Å². The highest BCUT2D eigenvalue weighted by atomic mass is 32.2. The smallest absolute Gasteiger partial charge is 0.0198 e. The van der Waals surface area contributed by atoms with E-state index in [1.54, 1.807) is 0 Å². The molecule has 0 saturated carbocycles. The average Bonchev–Trinajstić information content (AvgIpc) is 2.44. The second-order valence-corrected chi connectivity index (χ2v) is 8.37. The van der Waals surface area contributed by atoms with E-state index >= 15 is 0 Å². The predicted molar refractivity (Wildman–Crippen MR) is 97.3 cm³/mol. The third-order valence-corrected chi connectivity index (χ3v) is 4.99. The Balaban J connectivity index is 2.15. The van der Waals surface area contributed by atoms with Crippen LogP contribution in [0.1, 0.15) is 33.3 Å². The summed E-state index contributed by atoms with van der Waals surface area (Å²) in [6.07, 6.45) is 1.10. The number of thioether (sulfide) groups is 1. The minimum atomic E-state index is 0.326. The van der Waals surface area contributed by atoms with Gasteiger partial charge in [0.25, 0.3) is 0 Å². The van der Waals surface area contributed by atoms with Crippen LogP contribution in [0.5, 0.6) is 0 Å². The molecule has 0 amide bonds. The molecule has 0 aromatic heterocycles. The predicted octanol–water partition coefficient (Wildman–Crippen LogP) is 4.89. The molecule has 0 spiro atoms. The van der Waals surface area contributed by atoms with Gasteiger partial charge in [0.15, 0.2) is 0 Å². The summed E-state index contributed by atoms with van der Waals surface area (Å²) in [6, 6.07) is 15.9. The van der Waals surface area contributed by atoms with Crippen LogP contribution in [0.3, 0.4) is 0 Å². The Morgan fingerprint density at radius 1 is 1.05 bits per heavy atom. The maximum atomic E-state index is 3.65. The minimum Gasteiger partial charge on any atom is -0.313 e. The molecule has 2 aromatic rings. The van der Waals surface area contributed by atoms with Crippen molar-refractivity contribution >= 4 is 22.5 Å². The van der Waals surface area contributed by atoms with Gasteiger partial charge in [0.2, 0.25) is 0 Å². The number of hydrogen-bond donors (Lipinski definition) is 1. The van der Waals surface area contributed by atoms with E-state index in [2.05, 4.69) is 75.5 Å². The third-order valence-electron chi connectivity index (χ3n) is 3.56. The van der Waals surface area contributed by atoms with E-state index in [-0.39, 0.29) is 0 Å². The summed E-state index contributed by atoms with van der Waals surface area (Å²) in [6.45, 7) is 10.1. The number of rotatable bonds is 6. The van der Waals surface area contributed by atoms with Crippen molar-refractivity contribution in [2.75, 3.05) is 12.3 Å². The molecule has 114 valence electrons. The normalized spacial score (nSPS) is 13.5. The molecule has 0 radical (unpaired) electrons. The molecule has 0 aliphatic rings. The molecular formula is C19H27NS. The second kappa shape index (κ2) is 7.33. The van der Waals surface area contributed by atoms with E-state index in [1.807, 2.05) is 11.8 Å². The number of nitrogens with one attached hydrogen (secondary N) is 1. The minimum absolute atomic E-state index is 0.326. The summed E-state index contributed by atoms with van der Waals surface area (Å²) in [4.78, 5) is 0. The second-order valence-electron chi connectivity index (χ2n) is 6.52. The fraction of sp³-hybridized carbons (Fsp3) is 0.474. The van der Waals surface area contributed by atoms with Crippen LogP contribution in [0.2, 0.25) is 0 Å². The van der Waals surface area contributed by atoms with E-state index in [0.29, 0.717) is 10.8 Å². The van der Waals surface area contributed by atoms with Crippen molar-refractivity contribution in [1.29, 1.82) is 0 Å². The largest absolute Gasteiger partial charge is 0.313 e. The van der Waals surface area contributed by atoms with Gasteiger partial charge < -0.3 is 5.32 Å². The Hall–Kier alpha value is -0.990. The number of likely N-dealkylation sites (N-methyl/N-ethyl adjacent to an activating group) is 1. The zero-order valence-electron chi connectivity index (χ0n) is 13.6. The summed E-state index contributed by atoms with van der Waals surface area (Å²) in [5.74, 6) is 1.15. The Morgan fingerprint density at radius 3 is 2.48 bits per heavy atom. The van der Waals surface area contributed by atoms with Gasteiger partial charge in [-0.05, 0) is 29.3 Å². The van der Waals surface area contributed by atoms with Gasteiger partial charge in [-0.3, -0.25) is 0 Å². The first kappa shape index (κ1) is 16.4. The SMILES string of the molecule is CCNC(CSC(C)(C)C)Cc1cccc2ccccc12.